The van der Waals surface area contributed by atoms with Gasteiger partial charge in [0.25, 0.3) is 0 Å². The van der Waals surface area contributed by atoms with E-state index in [0.717, 1.165) is 49.1 Å². The lowest BCUT2D eigenvalue weighted by Crippen LogP contribution is -2.46. The third-order valence-corrected chi connectivity index (χ3v) is 5.41. The molecule has 0 spiro atoms. The number of anilines is 3. The standard InChI is InChI=1S/C22H25ClN6/c23-19-8-6-17(7-9-19)14-25-21-20(24)22(27-16-26-21)29-12-10-28(11-13-29)15-18-4-2-1-3-5-18/h1-9,16H,10-15,24H2,(H,25,26,27). The predicted molar refractivity (Wildman–Crippen MR) is 119 cm³/mol. The normalized spacial score (nSPS) is 14.7. The molecule has 29 heavy (non-hydrogen) atoms. The second kappa shape index (κ2) is 9.11. The molecule has 3 aromatic rings. The summed E-state index contributed by atoms with van der Waals surface area (Å²) < 4.78 is 0. The zero-order chi connectivity index (χ0) is 20.1. The topological polar surface area (TPSA) is 70.3 Å². The van der Waals surface area contributed by atoms with E-state index in [9.17, 15) is 0 Å². The maximum atomic E-state index is 6.40. The number of benzene rings is 2. The van der Waals surface area contributed by atoms with Crippen molar-refractivity contribution in [2.75, 3.05) is 42.1 Å². The van der Waals surface area contributed by atoms with Crippen LogP contribution in [0.4, 0.5) is 17.3 Å². The first-order chi connectivity index (χ1) is 14.2. The van der Waals surface area contributed by atoms with Crippen molar-refractivity contribution in [3.8, 4) is 0 Å². The van der Waals surface area contributed by atoms with E-state index in [2.05, 4.69) is 55.4 Å². The molecule has 1 aliphatic rings. The molecule has 0 bridgehead atoms. The summed E-state index contributed by atoms with van der Waals surface area (Å²) in [6.45, 7) is 5.34. The minimum absolute atomic E-state index is 0.595. The van der Waals surface area contributed by atoms with E-state index in [-0.39, 0.29) is 0 Å². The Labute approximate surface area is 176 Å². The lowest BCUT2D eigenvalue weighted by atomic mass is 10.2. The number of hydrogen-bond donors (Lipinski definition) is 2. The fourth-order valence-corrected chi connectivity index (χ4v) is 3.65. The summed E-state index contributed by atoms with van der Waals surface area (Å²) in [5, 5.41) is 4.04. The second-order valence-electron chi connectivity index (χ2n) is 7.19. The highest BCUT2D eigenvalue weighted by molar-refractivity contribution is 6.30. The summed E-state index contributed by atoms with van der Waals surface area (Å²) >= 11 is 5.95. The number of hydrogen-bond acceptors (Lipinski definition) is 6. The van der Waals surface area contributed by atoms with E-state index < -0.39 is 0 Å². The van der Waals surface area contributed by atoms with E-state index in [4.69, 9.17) is 17.3 Å². The monoisotopic (exact) mass is 408 g/mol. The largest absolute Gasteiger partial charge is 0.393 e. The van der Waals surface area contributed by atoms with Crippen molar-refractivity contribution < 1.29 is 0 Å². The van der Waals surface area contributed by atoms with Crippen LogP contribution in [0.5, 0.6) is 0 Å². The number of nitrogen functional groups attached to an aromatic ring is 1. The molecule has 6 nitrogen and oxygen atoms in total. The highest BCUT2D eigenvalue weighted by Crippen LogP contribution is 2.27. The van der Waals surface area contributed by atoms with Gasteiger partial charge in [-0.15, -0.1) is 0 Å². The fourth-order valence-electron chi connectivity index (χ4n) is 3.53. The third kappa shape index (κ3) is 4.96. The van der Waals surface area contributed by atoms with Gasteiger partial charge in [0, 0.05) is 44.3 Å². The van der Waals surface area contributed by atoms with Crippen molar-refractivity contribution in [1.82, 2.24) is 14.9 Å². The second-order valence-corrected chi connectivity index (χ2v) is 7.62. The molecule has 0 radical (unpaired) electrons. The lowest BCUT2D eigenvalue weighted by molar-refractivity contribution is 0.249. The molecule has 2 heterocycles. The van der Waals surface area contributed by atoms with Gasteiger partial charge in [-0.1, -0.05) is 54.1 Å². The first-order valence-electron chi connectivity index (χ1n) is 9.79. The lowest BCUT2D eigenvalue weighted by Gasteiger charge is -2.36. The Kier molecular flexibility index (Phi) is 6.12. The van der Waals surface area contributed by atoms with Crippen molar-refractivity contribution in [3.63, 3.8) is 0 Å². The smallest absolute Gasteiger partial charge is 0.157 e. The van der Waals surface area contributed by atoms with Crippen molar-refractivity contribution >= 4 is 28.9 Å². The molecule has 150 valence electrons. The Bertz CT molecular complexity index is 924. The summed E-state index contributed by atoms with van der Waals surface area (Å²) in [5.41, 5.74) is 9.45. The minimum atomic E-state index is 0.595. The number of halogens is 1. The van der Waals surface area contributed by atoms with Crippen molar-refractivity contribution in [2.45, 2.75) is 13.1 Å². The van der Waals surface area contributed by atoms with Crippen molar-refractivity contribution in [2.24, 2.45) is 0 Å². The maximum absolute atomic E-state index is 6.40. The van der Waals surface area contributed by atoms with Crippen molar-refractivity contribution in [1.29, 1.82) is 0 Å². The fraction of sp³-hybridized carbons (Fsp3) is 0.273. The van der Waals surface area contributed by atoms with Crippen LogP contribution in [0, 0.1) is 0 Å². The van der Waals surface area contributed by atoms with Crippen LogP contribution >= 0.6 is 11.6 Å². The Morgan fingerprint density at radius 3 is 2.34 bits per heavy atom. The Morgan fingerprint density at radius 1 is 0.897 bits per heavy atom. The molecule has 4 rings (SSSR count). The van der Waals surface area contributed by atoms with Crippen LogP contribution in [0.25, 0.3) is 0 Å². The van der Waals surface area contributed by atoms with Crippen LogP contribution < -0.4 is 16.0 Å². The number of nitrogens with zero attached hydrogens (tertiary/aromatic N) is 4. The van der Waals surface area contributed by atoms with Crippen LogP contribution in [0.15, 0.2) is 60.9 Å². The molecule has 0 atom stereocenters. The predicted octanol–water partition coefficient (Wildman–Crippen LogP) is 3.65. The van der Waals surface area contributed by atoms with E-state index >= 15 is 0 Å². The van der Waals surface area contributed by atoms with E-state index in [1.165, 1.54) is 5.56 Å². The highest BCUT2D eigenvalue weighted by Gasteiger charge is 2.21. The van der Waals surface area contributed by atoms with Gasteiger partial charge in [-0.05, 0) is 23.3 Å². The van der Waals surface area contributed by atoms with Gasteiger partial charge in [-0.2, -0.15) is 0 Å². The summed E-state index contributed by atoms with van der Waals surface area (Å²) in [6, 6.07) is 18.3. The van der Waals surface area contributed by atoms with Crippen LogP contribution in [0.1, 0.15) is 11.1 Å². The zero-order valence-corrected chi connectivity index (χ0v) is 17.0. The van der Waals surface area contributed by atoms with Gasteiger partial charge in [0.1, 0.15) is 12.0 Å². The molecule has 0 unspecified atom stereocenters. The van der Waals surface area contributed by atoms with E-state index in [1.54, 1.807) is 6.33 Å². The molecular weight excluding hydrogens is 384 g/mol. The van der Waals surface area contributed by atoms with E-state index in [0.29, 0.717) is 18.1 Å². The van der Waals surface area contributed by atoms with Crippen LogP contribution in [0.2, 0.25) is 5.02 Å². The SMILES string of the molecule is Nc1c(NCc2ccc(Cl)cc2)ncnc1N1CCN(Cc2ccccc2)CC1. The maximum Gasteiger partial charge on any atom is 0.157 e. The highest BCUT2D eigenvalue weighted by atomic mass is 35.5. The average molecular weight is 409 g/mol. The summed E-state index contributed by atoms with van der Waals surface area (Å²) in [6.07, 6.45) is 1.58. The quantitative estimate of drug-likeness (QED) is 0.648. The van der Waals surface area contributed by atoms with Gasteiger partial charge in [-0.25, -0.2) is 9.97 Å². The van der Waals surface area contributed by atoms with Gasteiger partial charge < -0.3 is 16.0 Å². The molecule has 0 amide bonds. The van der Waals surface area contributed by atoms with Gasteiger partial charge in [0.15, 0.2) is 11.6 Å². The van der Waals surface area contributed by atoms with Crippen LogP contribution in [0.3, 0.4) is 0 Å². The molecule has 1 saturated heterocycles. The molecular formula is C22H25ClN6. The Morgan fingerprint density at radius 2 is 1.62 bits per heavy atom. The molecule has 1 aromatic heterocycles. The number of rotatable bonds is 6. The van der Waals surface area contributed by atoms with Crippen LogP contribution in [-0.2, 0) is 13.1 Å². The first-order valence-corrected chi connectivity index (χ1v) is 10.2. The number of nitrogens with two attached hydrogens (primary N) is 1. The summed E-state index contributed by atoms with van der Waals surface area (Å²) in [7, 11) is 0. The third-order valence-electron chi connectivity index (χ3n) is 5.16. The molecule has 1 fully saturated rings. The Balaban J connectivity index is 1.36. The van der Waals surface area contributed by atoms with Gasteiger partial charge in [0.2, 0.25) is 0 Å². The molecule has 2 aromatic carbocycles. The van der Waals surface area contributed by atoms with Crippen molar-refractivity contribution in [3.05, 3.63) is 77.1 Å². The molecule has 7 heteroatoms. The molecule has 0 saturated carbocycles. The van der Waals surface area contributed by atoms with E-state index in [1.807, 2.05) is 24.3 Å². The van der Waals surface area contributed by atoms with Gasteiger partial charge >= 0.3 is 0 Å². The average Bonchev–Trinajstić information content (AvgIpc) is 2.76. The summed E-state index contributed by atoms with van der Waals surface area (Å²) in [5.74, 6) is 1.47. The van der Waals surface area contributed by atoms with Gasteiger partial charge in [0.05, 0.1) is 0 Å². The molecule has 3 N–H and O–H groups in total. The molecule has 1 aliphatic heterocycles. The zero-order valence-electron chi connectivity index (χ0n) is 16.3. The van der Waals surface area contributed by atoms with Gasteiger partial charge in [-0.3, -0.25) is 4.90 Å². The number of aromatic nitrogens is 2. The Hall–Kier alpha value is -2.83. The van der Waals surface area contributed by atoms with Crippen LogP contribution in [-0.4, -0.2) is 41.0 Å². The molecule has 0 aliphatic carbocycles. The first kappa shape index (κ1) is 19.5. The summed E-state index contributed by atoms with van der Waals surface area (Å²) in [4.78, 5) is 13.5. The number of piperazine rings is 1. The number of nitrogens with one attached hydrogen (secondary N) is 1. The minimum Gasteiger partial charge on any atom is -0.393 e.